The lowest BCUT2D eigenvalue weighted by Crippen LogP contribution is -2.51. The number of benzene rings is 2. The van der Waals surface area contributed by atoms with Crippen molar-refractivity contribution in [2.24, 2.45) is 5.92 Å². The van der Waals surface area contributed by atoms with Gasteiger partial charge in [-0.25, -0.2) is 4.79 Å². The van der Waals surface area contributed by atoms with E-state index in [1.165, 1.54) is 0 Å². The predicted molar refractivity (Wildman–Crippen MR) is 206 cm³/mol. The van der Waals surface area contributed by atoms with Crippen LogP contribution in [0.1, 0.15) is 66.0 Å². The molecule has 2 aliphatic heterocycles. The van der Waals surface area contributed by atoms with Gasteiger partial charge < -0.3 is 24.0 Å². The monoisotopic (exact) mass is 695 g/mol. The Morgan fingerprint density at radius 3 is 1.94 bits per heavy atom. The van der Waals surface area contributed by atoms with E-state index in [0.717, 1.165) is 86.7 Å². The highest BCUT2D eigenvalue weighted by atomic mass is 16.6. The van der Waals surface area contributed by atoms with Crippen LogP contribution in [0.5, 0.6) is 11.8 Å². The van der Waals surface area contributed by atoms with Gasteiger partial charge in [-0.1, -0.05) is 81.9 Å². The zero-order chi connectivity index (χ0) is 35.3. The first-order valence-electron chi connectivity index (χ1n) is 18.1. The number of carbonyl (C=O) groups excluding carboxylic acids is 1. The lowest BCUT2D eigenvalue weighted by Gasteiger charge is -2.39. The fourth-order valence-corrected chi connectivity index (χ4v) is 6.18. The number of carbonyl (C=O) groups is 1. The van der Waals surface area contributed by atoms with Crippen LogP contribution in [0.3, 0.4) is 0 Å². The number of amides is 1. The number of hydrogen-bond acceptors (Lipinski definition) is 8. The second-order valence-electron chi connectivity index (χ2n) is 13.7. The van der Waals surface area contributed by atoms with Crippen LogP contribution in [-0.4, -0.2) is 77.3 Å². The third kappa shape index (κ3) is 11.7. The molecule has 2 saturated heterocycles. The molecule has 0 aliphatic carbocycles. The first kappa shape index (κ1) is 39.2. The van der Waals surface area contributed by atoms with E-state index < -0.39 is 5.60 Å². The lowest BCUT2D eigenvalue weighted by molar-refractivity contribution is 0.0130. The number of piperazine rings is 1. The Hall–Kier alpha value is -4.63. The van der Waals surface area contributed by atoms with Crippen LogP contribution in [-0.2, 0) is 18.0 Å². The molecule has 0 unspecified atom stereocenters. The van der Waals surface area contributed by atoms with E-state index in [1.54, 1.807) is 0 Å². The van der Waals surface area contributed by atoms with Gasteiger partial charge in [0.05, 0.1) is 23.1 Å². The summed E-state index contributed by atoms with van der Waals surface area (Å²) in [4.78, 5) is 28.8. The van der Waals surface area contributed by atoms with Crippen LogP contribution in [0, 0.1) is 5.92 Å². The number of rotatable bonds is 10. The van der Waals surface area contributed by atoms with Gasteiger partial charge in [-0.3, -0.25) is 9.88 Å². The van der Waals surface area contributed by atoms with Crippen molar-refractivity contribution < 1.29 is 19.0 Å². The summed E-state index contributed by atoms with van der Waals surface area (Å²) in [6, 6.07) is 28.2. The molecule has 51 heavy (non-hydrogen) atoms. The predicted octanol–water partition coefficient (Wildman–Crippen LogP) is 8.73. The van der Waals surface area contributed by atoms with E-state index in [0.29, 0.717) is 30.9 Å². The molecule has 0 N–H and O–H groups in total. The Morgan fingerprint density at radius 1 is 0.765 bits per heavy atom. The Labute approximate surface area is 305 Å². The van der Waals surface area contributed by atoms with Crippen molar-refractivity contribution >= 4 is 11.8 Å². The van der Waals surface area contributed by atoms with Crippen molar-refractivity contribution in [2.75, 3.05) is 50.7 Å². The summed E-state index contributed by atoms with van der Waals surface area (Å²) in [5.74, 6) is 1.66. The minimum Gasteiger partial charge on any atom is -0.473 e. The Bertz CT molecular complexity index is 1600. The van der Waals surface area contributed by atoms with Crippen LogP contribution < -0.4 is 14.4 Å². The van der Waals surface area contributed by atoms with Crippen LogP contribution in [0.4, 0.5) is 10.5 Å². The number of aromatic nitrogens is 2. The molecule has 0 spiro atoms. The van der Waals surface area contributed by atoms with Gasteiger partial charge in [-0.15, -0.1) is 0 Å². The minimum absolute atomic E-state index is 0. The molecule has 274 valence electrons. The molecule has 0 atom stereocenters. The number of nitrogens with zero attached hydrogens (tertiary/aromatic N) is 5. The fraction of sp³-hybridized carbons (Fsp3) is 0.452. The Morgan fingerprint density at radius 2 is 1.37 bits per heavy atom. The van der Waals surface area contributed by atoms with Gasteiger partial charge >= 0.3 is 6.09 Å². The standard InChI is InChI=1S/C39H47N5O4.C2H6.CH4/c1-39(2,3)48-38(45)44-24-22-42(23-25-44)27-30-18-20-43(21-19-30)33-14-16-35(40-26-33)34-15-17-36(46-28-31-10-6-4-7-11-31)41-37(34)47-29-32-12-8-5-9-13-32;1-2;/h4-17,26,30H,18-25,27-29H2,1-3H3;1-2H3;1H4. The zero-order valence-corrected chi connectivity index (χ0v) is 30.4. The van der Waals surface area contributed by atoms with E-state index in [2.05, 4.69) is 21.9 Å². The van der Waals surface area contributed by atoms with Crippen molar-refractivity contribution in [3.05, 3.63) is 102 Å². The molecular weight excluding hydrogens is 638 g/mol. The van der Waals surface area contributed by atoms with Gasteiger partial charge in [0, 0.05) is 51.9 Å². The topological polar surface area (TPSA) is 80.3 Å². The molecule has 2 aromatic heterocycles. The van der Waals surface area contributed by atoms with Crippen molar-refractivity contribution in [3.63, 3.8) is 0 Å². The molecular formula is C42H57N5O4. The SMILES string of the molecule is C.CC.CC(C)(C)OC(=O)N1CCN(CC2CCN(c3ccc(-c4ccc(OCc5ccccc5)nc4OCc4ccccc4)nc3)CC2)CC1. The van der Waals surface area contributed by atoms with Crippen LogP contribution in [0.15, 0.2) is 91.1 Å². The highest BCUT2D eigenvalue weighted by Gasteiger charge is 2.28. The molecule has 6 rings (SSSR count). The van der Waals surface area contributed by atoms with Crippen molar-refractivity contribution in [2.45, 2.75) is 73.7 Å². The molecule has 9 nitrogen and oxygen atoms in total. The smallest absolute Gasteiger partial charge is 0.410 e. The largest absolute Gasteiger partial charge is 0.473 e. The quantitative estimate of drug-likeness (QED) is 0.163. The Kier molecular flexibility index (Phi) is 14.7. The van der Waals surface area contributed by atoms with Gasteiger partial charge in [-0.05, 0) is 68.9 Å². The van der Waals surface area contributed by atoms with Crippen LogP contribution in [0.2, 0.25) is 0 Å². The average molecular weight is 696 g/mol. The fourth-order valence-electron chi connectivity index (χ4n) is 6.18. The molecule has 2 fully saturated rings. The lowest BCUT2D eigenvalue weighted by atomic mass is 9.95. The van der Waals surface area contributed by atoms with E-state index in [-0.39, 0.29) is 13.5 Å². The second-order valence-corrected chi connectivity index (χ2v) is 13.7. The number of piperidine rings is 1. The van der Waals surface area contributed by atoms with Gasteiger partial charge in [0.15, 0.2) is 0 Å². The number of ether oxygens (including phenoxy) is 3. The molecule has 4 aromatic rings. The minimum atomic E-state index is -0.459. The molecule has 2 aromatic carbocycles. The van der Waals surface area contributed by atoms with Crippen molar-refractivity contribution in [1.29, 1.82) is 0 Å². The van der Waals surface area contributed by atoms with E-state index in [9.17, 15) is 4.79 Å². The maximum absolute atomic E-state index is 12.4. The Balaban J connectivity index is 0.00000191. The summed E-state index contributed by atoms with van der Waals surface area (Å²) >= 11 is 0. The van der Waals surface area contributed by atoms with Gasteiger partial charge in [0.2, 0.25) is 11.8 Å². The van der Waals surface area contributed by atoms with Gasteiger partial charge in [-0.2, -0.15) is 4.98 Å². The molecule has 4 heterocycles. The van der Waals surface area contributed by atoms with Crippen molar-refractivity contribution in [1.82, 2.24) is 19.8 Å². The summed E-state index contributed by atoms with van der Waals surface area (Å²) in [5.41, 5.74) is 4.45. The molecule has 1 amide bonds. The summed E-state index contributed by atoms with van der Waals surface area (Å²) in [6.07, 6.45) is 4.04. The van der Waals surface area contributed by atoms with Gasteiger partial charge in [0.1, 0.15) is 18.8 Å². The maximum Gasteiger partial charge on any atom is 0.410 e. The van der Waals surface area contributed by atoms with Crippen LogP contribution in [0.25, 0.3) is 11.3 Å². The summed E-state index contributed by atoms with van der Waals surface area (Å²) < 4.78 is 17.8. The van der Waals surface area contributed by atoms with Gasteiger partial charge in [0.25, 0.3) is 0 Å². The first-order chi connectivity index (χ1) is 24.3. The van der Waals surface area contributed by atoms with E-state index in [1.807, 2.05) is 119 Å². The summed E-state index contributed by atoms with van der Waals surface area (Å²) in [5, 5.41) is 0. The first-order valence-corrected chi connectivity index (χ1v) is 18.1. The highest BCUT2D eigenvalue weighted by Crippen LogP contribution is 2.32. The number of hydrogen-bond donors (Lipinski definition) is 0. The highest BCUT2D eigenvalue weighted by molar-refractivity contribution is 5.68. The summed E-state index contributed by atoms with van der Waals surface area (Å²) in [6.45, 7) is 16.9. The van der Waals surface area contributed by atoms with Crippen molar-refractivity contribution in [3.8, 4) is 23.0 Å². The maximum atomic E-state index is 12.4. The van der Waals surface area contributed by atoms with E-state index >= 15 is 0 Å². The number of anilines is 1. The third-order valence-corrected chi connectivity index (χ3v) is 8.83. The van der Waals surface area contributed by atoms with E-state index in [4.69, 9.17) is 24.2 Å². The molecule has 0 bridgehead atoms. The third-order valence-electron chi connectivity index (χ3n) is 8.83. The molecule has 2 aliphatic rings. The number of pyridine rings is 2. The zero-order valence-electron chi connectivity index (χ0n) is 30.4. The average Bonchev–Trinajstić information content (AvgIpc) is 3.15. The molecule has 9 heteroatoms. The normalized spacial score (nSPS) is 15.2. The molecule has 0 radical (unpaired) electrons. The van der Waals surface area contributed by atoms with Crippen LogP contribution >= 0.6 is 0 Å². The molecule has 0 saturated carbocycles. The summed E-state index contributed by atoms with van der Waals surface area (Å²) in [7, 11) is 0. The second kappa shape index (κ2) is 19.1.